The lowest BCUT2D eigenvalue weighted by atomic mass is 9.98. The van der Waals surface area contributed by atoms with Crippen LogP contribution in [0.5, 0.6) is 5.75 Å². The average molecular weight is 231 g/mol. The maximum atomic E-state index is 12.3. The second kappa shape index (κ2) is 4.76. The normalized spacial score (nSPS) is 11.9. The van der Waals surface area contributed by atoms with Crippen molar-refractivity contribution < 1.29 is 17.9 Å². The number of hydrogen-bond acceptors (Lipinski definition) is 1. The molecule has 1 rings (SSSR count). The van der Waals surface area contributed by atoms with Crippen molar-refractivity contribution in [1.29, 1.82) is 0 Å². The van der Waals surface area contributed by atoms with Crippen molar-refractivity contribution in [3.8, 4) is 5.75 Å². The van der Waals surface area contributed by atoms with Crippen LogP contribution in [0.25, 0.3) is 0 Å². The Bertz CT molecular complexity index is 356. The van der Waals surface area contributed by atoms with Crippen LogP contribution in [0, 0.1) is 5.92 Å². The van der Waals surface area contributed by atoms with Gasteiger partial charge in [0.15, 0.2) is 0 Å². The summed E-state index contributed by atoms with van der Waals surface area (Å²) in [6.07, 6.45) is -4.14. The standard InChI is InChI=1S/C12H14F3O/c1-4-9-6-5-7-10(8(2)3)11(9)16-12(13,14)15/h5-7H,4H2,1-3H3. The lowest BCUT2D eigenvalue weighted by Crippen LogP contribution is -2.19. The van der Waals surface area contributed by atoms with Gasteiger partial charge in [-0.05, 0) is 12.0 Å². The van der Waals surface area contributed by atoms with Gasteiger partial charge in [-0.15, -0.1) is 13.2 Å². The average Bonchev–Trinajstić information content (AvgIpc) is 2.15. The fourth-order valence-corrected chi connectivity index (χ4v) is 1.49. The van der Waals surface area contributed by atoms with Crippen LogP contribution in [0.1, 0.15) is 31.9 Å². The molecule has 0 saturated heterocycles. The van der Waals surface area contributed by atoms with Gasteiger partial charge in [0, 0.05) is 11.5 Å². The van der Waals surface area contributed by atoms with E-state index in [0.717, 1.165) is 5.92 Å². The first-order valence-electron chi connectivity index (χ1n) is 5.03. The number of ether oxygens (including phenoxy) is 1. The summed E-state index contributed by atoms with van der Waals surface area (Å²) >= 11 is 0. The molecule has 0 unspecified atom stereocenters. The van der Waals surface area contributed by atoms with Crippen LogP contribution in [0.15, 0.2) is 18.2 Å². The monoisotopic (exact) mass is 231 g/mol. The Morgan fingerprint density at radius 2 is 1.88 bits per heavy atom. The highest BCUT2D eigenvalue weighted by molar-refractivity contribution is 5.48. The van der Waals surface area contributed by atoms with Gasteiger partial charge < -0.3 is 4.74 Å². The van der Waals surface area contributed by atoms with E-state index >= 15 is 0 Å². The first-order valence-corrected chi connectivity index (χ1v) is 5.03. The lowest BCUT2D eigenvalue weighted by Gasteiger charge is -2.18. The van der Waals surface area contributed by atoms with Gasteiger partial charge in [0.1, 0.15) is 5.75 Å². The predicted molar refractivity (Wildman–Crippen MR) is 56.2 cm³/mol. The number of alkyl halides is 3. The Hall–Kier alpha value is -1.19. The van der Waals surface area contributed by atoms with Crippen LogP contribution in [0.3, 0.4) is 0 Å². The maximum Gasteiger partial charge on any atom is 0.573 e. The Kier molecular flexibility index (Phi) is 3.83. The van der Waals surface area contributed by atoms with Crippen molar-refractivity contribution in [2.75, 3.05) is 0 Å². The summed E-state index contributed by atoms with van der Waals surface area (Å²) in [5.74, 6) is 0.729. The molecule has 4 heteroatoms. The molecule has 0 saturated carbocycles. The molecule has 0 heterocycles. The molecule has 0 atom stereocenters. The van der Waals surface area contributed by atoms with Crippen molar-refractivity contribution in [1.82, 2.24) is 0 Å². The van der Waals surface area contributed by atoms with E-state index in [4.69, 9.17) is 0 Å². The molecule has 0 fully saturated rings. The first kappa shape index (κ1) is 12.9. The molecule has 0 aliphatic carbocycles. The van der Waals surface area contributed by atoms with Gasteiger partial charge in [-0.25, -0.2) is 0 Å². The Labute approximate surface area is 93.2 Å². The molecule has 89 valence electrons. The van der Waals surface area contributed by atoms with E-state index in [1.54, 1.807) is 39.0 Å². The summed E-state index contributed by atoms with van der Waals surface area (Å²) in [4.78, 5) is 0. The molecule has 16 heavy (non-hydrogen) atoms. The van der Waals surface area contributed by atoms with E-state index in [2.05, 4.69) is 4.74 Å². The number of rotatable bonds is 3. The zero-order valence-electron chi connectivity index (χ0n) is 9.48. The number of para-hydroxylation sites is 1. The molecule has 0 aromatic heterocycles. The van der Waals surface area contributed by atoms with Crippen LogP contribution in [0.4, 0.5) is 13.2 Å². The van der Waals surface area contributed by atoms with Crippen molar-refractivity contribution in [2.24, 2.45) is 0 Å². The largest absolute Gasteiger partial charge is 0.573 e. The summed E-state index contributed by atoms with van der Waals surface area (Å²) in [7, 11) is 0. The van der Waals surface area contributed by atoms with Crippen LogP contribution in [0.2, 0.25) is 0 Å². The van der Waals surface area contributed by atoms with Crippen LogP contribution in [-0.4, -0.2) is 6.36 Å². The number of benzene rings is 1. The molecule has 1 nitrogen and oxygen atoms in total. The van der Waals surface area contributed by atoms with E-state index in [1.165, 1.54) is 0 Å². The van der Waals surface area contributed by atoms with Gasteiger partial charge in [0.05, 0.1) is 0 Å². The molecule has 0 aliphatic rings. The number of hydrogen-bond donors (Lipinski definition) is 0. The summed E-state index contributed by atoms with van der Waals surface area (Å²) in [6, 6.07) is 5.02. The third kappa shape index (κ3) is 3.15. The molecular weight excluding hydrogens is 217 g/mol. The number of halogens is 3. The maximum absolute atomic E-state index is 12.3. The molecule has 0 aliphatic heterocycles. The van der Waals surface area contributed by atoms with Crippen molar-refractivity contribution in [3.05, 3.63) is 35.2 Å². The molecule has 0 bridgehead atoms. The summed E-state index contributed by atoms with van der Waals surface area (Å²) in [6.45, 7) is 5.32. The van der Waals surface area contributed by atoms with E-state index in [-0.39, 0.29) is 5.75 Å². The molecular formula is C12H14F3O. The summed E-state index contributed by atoms with van der Waals surface area (Å²) in [5.41, 5.74) is 1.08. The molecule has 1 aromatic rings. The Morgan fingerprint density at radius 1 is 1.25 bits per heavy atom. The zero-order chi connectivity index (χ0) is 12.3. The molecule has 0 amide bonds. The summed E-state index contributed by atoms with van der Waals surface area (Å²) in [5, 5.41) is 0. The van der Waals surface area contributed by atoms with Crippen molar-refractivity contribution >= 4 is 0 Å². The third-order valence-electron chi connectivity index (χ3n) is 2.23. The Morgan fingerprint density at radius 3 is 2.31 bits per heavy atom. The van der Waals surface area contributed by atoms with E-state index < -0.39 is 6.36 Å². The van der Waals surface area contributed by atoms with Gasteiger partial charge in [-0.3, -0.25) is 0 Å². The second-order valence-corrected chi connectivity index (χ2v) is 3.70. The third-order valence-corrected chi connectivity index (χ3v) is 2.23. The Balaban J connectivity index is 3.20. The predicted octanol–water partition coefficient (Wildman–Crippen LogP) is 4.11. The van der Waals surface area contributed by atoms with Crippen LogP contribution >= 0.6 is 0 Å². The van der Waals surface area contributed by atoms with Gasteiger partial charge in [0.25, 0.3) is 0 Å². The van der Waals surface area contributed by atoms with Crippen molar-refractivity contribution in [3.63, 3.8) is 0 Å². The minimum absolute atomic E-state index is 0.0718. The minimum Gasteiger partial charge on any atom is -0.405 e. The van der Waals surface area contributed by atoms with E-state index in [1.807, 2.05) is 0 Å². The molecule has 1 radical (unpaired) electrons. The second-order valence-electron chi connectivity index (χ2n) is 3.70. The van der Waals surface area contributed by atoms with Gasteiger partial charge in [0.2, 0.25) is 0 Å². The lowest BCUT2D eigenvalue weighted by molar-refractivity contribution is -0.275. The van der Waals surface area contributed by atoms with E-state index in [9.17, 15) is 13.2 Å². The smallest absolute Gasteiger partial charge is 0.405 e. The highest BCUT2D eigenvalue weighted by Crippen LogP contribution is 2.34. The SMILES string of the molecule is CCc1cccc([C](C)C)c1OC(F)(F)F. The quantitative estimate of drug-likeness (QED) is 0.760. The fraction of sp³-hybridized carbons (Fsp3) is 0.417. The van der Waals surface area contributed by atoms with Crippen LogP contribution in [-0.2, 0) is 6.42 Å². The van der Waals surface area contributed by atoms with E-state index in [0.29, 0.717) is 17.5 Å². The minimum atomic E-state index is -4.64. The van der Waals surface area contributed by atoms with Gasteiger partial charge in [-0.2, -0.15) is 0 Å². The van der Waals surface area contributed by atoms with Gasteiger partial charge >= 0.3 is 6.36 Å². The highest BCUT2D eigenvalue weighted by atomic mass is 19.4. The molecule has 0 spiro atoms. The van der Waals surface area contributed by atoms with Crippen LogP contribution < -0.4 is 4.74 Å². The molecule has 1 aromatic carbocycles. The van der Waals surface area contributed by atoms with Crippen molar-refractivity contribution in [2.45, 2.75) is 33.6 Å². The zero-order valence-corrected chi connectivity index (χ0v) is 9.48. The molecule has 0 N–H and O–H groups in total. The summed E-state index contributed by atoms with van der Waals surface area (Å²) < 4.78 is 40.9. The fourth-order valence-electron chi connectivity index (χ4n) is 1.49. The topological polar surface area (TPSA) is 9.23 Å². The first-order chi connectivity index (χ1) is 7.35. The van der Waals surface area contributed by atoms with Gasteiger partial charge in [-0.1, -0.05) is 39.0 Å². The highest BCUT2D eigenvalue weighted by Gasteiger charge is 2.33. The number of aryl methyl sites for hydroxylation is 1.